The van der Waals surface area contributed by atoms with E-state index in [2.05, 4.69) is 5.32 Å². The van der Waals surface area contributed by atoms with E-state index in [-0.39, 0.29) is 42.6 Å². The molecule has 154 valence electrons. The maximum Gasteiger partial charge on any atom is 0.320 e. The SMILES string of the molecule is CCOC(=O)CN(CC(=O)Nc1ccc(Cl)cc1[N+](=O)[O-])Cc1ccc(F)cc1. The van der Waals surface area contributed by atoms with Crippen LogP contribution in [0.4, 0.5) is 15.8 Å². The van der Waals surface area contributed by atoms with Crippen LogP contribution in [-0.2, 0) is 20.9 Å². The minimum atomic E-state index is -0.656. The number of nitrogens with one attached hydrogen (secondary N) is 1. The van der Waals surface area contributed by atoms with Crippen molar-refractivity contribution in [3.63, 3.8) is 0 Å². The number of halogens is 2. The third kappa shape index (κ3) is 7.13. The summed E-state index contributed by atoms with van der Waals surface area (Å²) in [4.78, 5) is 36.3. The van der Waals surface area contributed by atoms with Gasteiger partial charge in [0.05, 0.1) is 24.6 Å². The first-order valence-corrected chi connectivity index (χ1v) is 9.02. The molecule has 0 aliphatic carbocycles. The van der Waals surface area contributed by atoms with E-state index < -0.39 is 22.6 Å². The van der Waals surface area contributed by atoms with E-state index >= 15 is 0 Å². The summed E-state index contributed by atoms with van der Waals surface area (Å²) < 4.78 is 18.0. The Morgan fingerprint density at radius 2 is 1.90 bits per heavy atom. The third-order valence-corrected chi connectivity index (χ3v) is 4.01. The van der Waals surface area contributed by atoms with Gasteiger partial charge >= 0.3 is 5.97 Å². The lowest BCUT2D eigenvalue weighted by Gasteiger charge is -2.21. The van der Waals surface area contributed by atoms with Crippen LogP contribution < -0.4 is 5.32 Å². The van der Waals surface area contributed by atoms with Gasteiger partial charge in [0.1, 0.15) is 11.5 Å². The molecular formula is C19H19ClFN3O5. The zero-order valence-corrected chi connectivity index (χ0v) is 16.3. The lowest BCUT2D eigenvalue weighted by molar-refractivity contribution is -0.383. The zero-order chi connectivity index (χ0) is 21.4. The van der Waals surface area contributed by atoms with Crippen LogP contribution in [0.3, 0.4) is 0 Å². The van der Waals surface area contributed by atoms with Crippen molar-refractivity contribution in [2.24, 2.45) is 0 Å². The minimum absolute atomic E-state index is 0.0118. The predicted octanol–water partition coefficient (Wildman–Crippen LogP) is 3.39. The number of esters is 1. The molecule has 10 heteroatoms. The van der Waals surface area contributed by atoms with Crippen molar-refractivity contribution in [2.45, 2.75) is 13.5 Å². The molecule has 0 bridgehead atoms. The summed E-state index contributed by atoms with van der Waals surface area (Å²) in [5, 5.41) is 13.8. The molecule has 2 rings (SSSR count). The zero-order valence-electron chi connectivity index (χ0n) is 15.6. The summed E-state index contributed by atoms with van der Waals surface area (Å²) in [7, 11) is 0. The van der Waals surface area contributed by atoms with Gasteiger partial charge in [-0.05, 0) is 36.8 Å². The van der Waals surface area contributed by atoms with Crippen molar-refractivity contribution in [1.82, 2.24) is 4.90 Å². The van der Waals surface area contributed by atoms with E-state index in [1.165, 1.54) is 41.3 Å². The first-order chi connectivity index (χ1) is 13.8. The Labute approximate surface area is 171 Å². The monoisotopic (exact) mass is 423 g/mol. The molecule has 1 amide bonds. The molecule has 0 aliphatic heterocycles. The van der Waals surface area contributed by atoms with Crippen LogP contribution in [-0.4, -0.2) is 41.4 Å². The molecule has 0 aliphatic rings. The quantitative estimate of drug-likeness (QED) is 0.377. The maximum atomic E-state index is 13.1. The maximum absolute atomic E-state index is 13.1. The van der Waals surface area contributed by atoms with Gasteiger partial charge in [0.15, 0.2) is 0 Å². The minimum Gasteiger partial charge on any atom is -0.465 e. The van der Waals surface area contributed by atoms with E-state index in [1.807, 2.05) is 0 Å². The van der Waals surface area contributed by atoms with Gasteiger partial charge in [0.2, 0.25) is 5.91 Å². The fourth-order valence-electron chi connectivity index (χ4n) is 2.56. The van der Waals surface area contributed by atoms with E-state index in [9.17, 15) is 24.1 Å². The summed E-state index contributed by atoms with van der Waals surface area (Å²) in [5.41, 5.74) is 0.324. The van der Waals surface area contributed by atoms with Crippen molar-refractivity contribution in [2.75, 3.05) is 25.0 Å². The topological polar surface area (TPSA) is 102 Å². The van der Waals surface area contributed by atoms with Gasteiger partial charge in [-0.15, -0.1) is 0 Å². The first-order valence-electron chi connectivity index (χ1n) is 8.64. The molecule has 0 unspecified atom stereocenters. The molecule has 2 aromatic rings. The van der Waals surface area contributed by atoms with Gasteiger partial charge in [0.25, 0.3) is 5.69 Å². The molecule has 0 spiro atoms. The summed E-state index contributed by atoms with van der Waals surface area (Å²) in [6.07, 6.45) is 0. The van der Waals surface area contributed by atoms with E-state index in [4.69, 9.17) is 16.3 Å². The van der Waals surface area contributed by atoms with Gasteiger partial charge in [-0.3, -0.25) is 24.6 Å². The average Bonchev–Trinajstić information content (AvgIpc) is 2.65. The first kappa shape index (κ1) is 22.3. The third-order valence-electron chi connectivity index (χ3n) is 3.78. The molecule has 1 N–H and O–H groups in total. The Bertz CT molecular complexity index is 892. The Morgan fingerprint density at radius 3 is 2.52 bits per heavy atom. The highest BCUT2D eigenvalue weighted by Gasteiger charge is 2.20. The molecule has 0 saturated carbocycles. The Kier molecular flexibility index (Phi) is 8.05. The summed E-state index contributed by atoms with van der Waals surface area (Å²) in [6, 6.07) is 9.49. The normalized spacial score (nSPS) is 10.6. The number of carbonyl (C=O) groups is 2. The lowest BCUT2D eigenvalue weighted by Crippen LogP contribution is -2.37. The fraction of sp³-hybridized carbons (Fsp3) is 0.263. The standard InChI is InChI=1S/C19H19ClFN3O5/c1-2-29-19(26)12-23(10-13-3-6-15(21)7-4-13)11-18(25)22-16-8-5-14(20)9-17(16)24(27)28/h3-9H,2,10-12H2,1H3,(H,22,25). The van der Waals surface area contributed by atoms with E-state index in [1.54, 1.807) is 6.92 Å². The largest absolute Gasteiger partial charge is 0.465 e. The number of benzene rings is 2. The molecule has 0 aromatic heterocycles. The Balaban J connectivity index is 2.12. The average molecular weight is 424 g/mol. The number of nitrogens with zero attached hydrogens (tertiary/aromatic N) is 2. The molecule has 8 nitrogen and oxygen atoms in total. The summed E-state index contributed by atoms with van der Waals surface area (Å²) in [5.74, 6) is -1.50. The van der Waals surface area contributed by atoms with Crippen LogP contribution in [0.15, 0.2) is 42.5 Å². The molecule has 0 fully saturated rings. The number of anilines is 1. The molecule has 0 atom stereocenters. The van der Waals surface area contributed by atoms with Crippen LogP contribution >= 0.6 is 11.6 Å². The second-order valence-electron chi connectivity index (χ2n) is 6.04. The van der Waals surface area contributed by atoms with E-state index in [0.29, 0.717) is 5.56 Å². The summed E-state index contributed by atoms with van der Waals surface area (Å²) in [6.45, 7) is 1.60. The number of amides is 1. The molecular weight excluding hydrogens is 405 g/mol. The highest BCUT2D eigenvalue weighted by Crippen LogP contribution is 2.27. The number of ether oxygens (including phenoxy) is 1. The van der Waals surface area contributed by atoms with Crippen LogP contribution in [0.2, 0.25) is 5.02 Å². The smallest absolute Gasteiger partial charge is 0.320 e. The molecule has 0 radical (unpaired) electrons. The second-order valence-corrected chi connectivity index (χ2v) is 6.48. The lowest BCUT2D eigenvalue weighted by atomic mass is 10.2. The number of nitro groups is 1. The van der Waals surface area contributed by atoms with Gasteiger partial charge in [0, 0.05) is 17.6 Å². The molecule has 0 heterocycles. The van der Waals surface area contributed by atoms with Crippen molar-refractivity contribution in [3.05, 3.63) is 69.0 Å². The highest BCUT2D eigenvalue weighted by molar-refractivity contribution is 6.31. The molecule has 2 aromatic carbocycles. The number of carbonyl (C=O) groups excluding carboxylic acids is 2. The Hall–Kier alpha value is -3.04. The fourth-order valence-corrected chi connectivity index (χ4v) is 2.73. The van der Waals surface area contributed by atoms with Crippen molar-refractivity contribution >= 4 is 34.9 Å². The number of rotatable bonds is 9. The van der Waals surface area contributed by atoms with Crippen LogP contribution in [0.5, 0.6) is 0 Å². The van der Waals surface area contributed by atoms with Crippen LogP contribution in [0.1, 0.15) is 12.5 Å². The van der Waals surface area contributed by atoms with Crippen molar-refractivity contribution < 1.29 is 23.6 Å². The van der Waals surface area contributed by atoms with Gasteiger partial charge < -0.3 is 10.1 Å². The predicted molar refractivity (Wildman–Crippen MR) is 105 cm³/mol. The highest BCUT2D eigenvalue weighted by atomic mass is 35.5. The molecule has 29 heavy (non-hydrogen) atoms. The van der Waals surface area contributed by atoms with Crippen LogP contribution in [0, 0.1) is 15.9 Å². The van der Waals surface area contributed by atoms with E-state index in [0.717, 1.165) is 6.07 Å². The van der Waals surface area contributed by atoms with Crippen molar-refractivity contribution in [1.29, 1.82) is 0 Å². The number of hydrogen-bond donors (Lipinski definition) is 1. The second kappa shape index (κ2) is 10.5. The summed E-state index contributed by atoms with van der Waals surface area (Å²) >= 11 is 5.77. The number of hydrogen-bond acceptors (Lipinski definition) is 6. The van der Waals surface area contributed by atoms with Gasteiger partial charge in [-0.25, -0.2) is 4.39 Å². The molecule has 0 saturated heterocycles. The van der Waals surface area contributed by atoms with Gasteiger partial charge in [-0.1, -0.05) is 23.7 Å². The number of nitro benzene ring substituents is 1. The van der Waals surface area contributed by atoms with Gasteiger partial charge in [-0.2, -0.15) is 0 Å². The van der Waals surface area contributed by atoms with Crippen molar-refractivity contribution in [3.8, 4) is 0 Å². The Morgan fingerprint density at radius 1 is 1.21 bits per heavy atom. The van der Waals surface area contributed by atoms with Crippen LogP contribution in [0.25, 0.3) is 0 Å².